The van der Waals surface area contributed by atoms with Gasteiger partial charge < -0.3 is 4.90 Å². The zero-order chi connectivity index (χ0) is 18.9. The number of fused-ring (bicyclic) bond motifs is 2. The fraction of sp³-hybridized carbons (Fsp3) is 0.500. The van der Waals surface area contributed by atoms with Gasteiger partial charge >= 0.3 is 0 Å². The topological polar surface area (TPSA) is 49.0 Å². The van der Waals surface area contributed by atoms with E-state index in [0.29, 0.717) is 23.7 Å². The van der Waals surface area contributed by atoms with Crippen molar-refractivity contribution < 1.29 is 4.79 Å². The number of nitrogens with zero attached hydrogens (tertiary/aromatic N) is 2. The number of H-pyrrole nitrogens is 1. The first-order valence-electron chi connectivity index (χ1n) is 10.8. The zero-order valence-corrected chi connectivity index (χ0v) is 16.4. The molecule has 0 spiro atoms. The van der Waals surface area contributed by atoms with E-state index in [2.05, 4.69) is 57.6 Å². The molecule has 1 saturated heterocycles. The number of aromatic nitrogens is 2. The molecule has 4 nitrogen and oxygen atoms in total. The predicted molar refractivity (Wildman–Crippen MR) is 110 cm³/mol. The highest BCUT2D eigenvalue weighted by Gasteiger charge is 2.42. The van der Waals surface area contributed by atoms with Crippen molar-refractivity contribution in [1.82, 2.24) is 15.1 Å². The molecule has 2 aromatic rings. The van der Waals surface area contributed by atoms with Crippen LogP contribution >= 0.6 is 0 Å². The Morgan fingerprint density at radius 1 is 1.07 bits per heavy atom. The number of aryl methyl sites for hydroxylation is 2. The van der Waals surface area contributed by atoms with Gasteiger partial charge in [-0.25, -0.2) is 0 Å². The number of allylic oxidation sites excluding steroid dienone is 2. The van der Waals surface area contributed by atoms with Gasteiger partial charge in [-0.3, -0.25) is 9.89 Å². The van der Waals surface area contributed by atoms with E-state index in [1.165, 1.54) is 23.2 Å². The Morgan fingerprint density at radius 2 is 1.89 bits per heavy atom. The summed E-state index contributed by atoms with van der Waals surface area (Å²) in [6.07, 6.45) is 13.0. The van der Waals surface area contributed by atoms with E-state index in [1.807, 2.05) is 6.20 Å². The lowest BCUT2D eigenvalue weighted by Gasteiger charge is -2.34. The van der Waals surface area contributed by atoms with Crippen molar-refractivity contribution >= 4 is 5.91 Å². The Labute approximate surface area is 167 Å². The van der Waals surface area contributed by atoms with Gasteiger partial charge in [-0.05, 0) is 61.5 Å². The van der Waals surface area contributed by atoms with Crippen LogP contribution in [0.4, 0.5) is 0 Å². The number of hydrogen-bond acceptors (Lipinski definition) is 2. The van der Waals surface area contributed by atoms with Gasteiger partial charge in [-0.2, -0.15) is 5.10 Å². The van der Waals surface area contributed by atoms with E-state index >= 15 is 0 Å². The minimum Gasteiger partial charge on any atom is -0.342 e. The fourth-order valence-electron chi connectivity index (χ4n) is 5.49. The van der Waals surface area contributed by atoms with Crippen molar-refractivity contribution in [2.24, 2.45) is 17.8 Å². The number of rotatable bonds is 5. The summed E-state index contributed by atoms with van der Waals surface area (Å²) in [6.45, 7) is 1.77. The maximum absolute atomic E-state index is 13.0. The smallest absolute Gasteiger partial charge is 0.226 e. The lowest BCUT2D eigenvalue weighted by Crippen LogP contribution is -2.42. The Morgan fingerprint density at radius 3 is 2.61 bits per heavy atom. The van der Waals surface area contributed by atoms with Crippen molar-refractivity contribution in [2.45, 2.75) is 44.4 Å². The summed E-state index contributed by atoms with van der Waals surface area (Å²) in [4.78, 5) is 15.1. The summed E-state index contributed by atoms with van der Waals surface area (Å²) in [6, 6.07) is 10.6. The molecule has 1 aliphatic heterocycles. The molecule has 5 rings (SSSR count). The number of carbonyl (C=O) groups is 1. The van der Waals surface area contributed by atoms with Gasteiger partial charge in [-0.15, -0.1) is 0 Å². The van der Waals surface area contributed by atoms with Crippen molar-refractivity contribution in [3.63, 3.8) is 0 Å². The summed E-state index contributed by atoms with van der Waals surface area (Å²) < 4.78 is 0. The van der Waals surface area contributed by atoms with Gasteiger partial charge in [0.25, 0.3) is 0 Å². The average molecular weight is 376 g/mol. The molecular formula is C24H29N3O. The van der Waals surface area contributed by atoms with Crippen molar-refractivity contribution in [3.8, 4) is 0 Å². The maximum atomic E-state index is 13.0. The first-order chi connectivity index (χ1) is 13.8. The van der Waals surface area contributed by atoms with Crippen molar-refractivity contribution in [2.75, 3.05) is 13.1 Å². The predicted octanol–water partition coefficient (Wildman–Crippen LogP) is 4.11. The number of hydrogen-bond donors (Lipinski definition) is 1. The quantitative estimate of drug-likeness (QED) is 0.800. The molecule has 146 valence electrons. The van der Waals surface area contributed by atoms with Crippen LogP contribution in [0.25, 0.3) is 0 Å². The largest absolute Gasteiger partial charge is 0.342 e. The SMILES string of the molecule is O=C([C@H]1C[C@@H]2C=C[C@H]1C2)N1CCC(c2[nH]ncc2CCc2ccccc2)CC1. The maximum Gasteiger partial charge on any atom is 0.226 e. The summed E-state index contributed by atoms with van der Waals surface area (Å²) in [5, 5.41) is 7.61. The number of nitrogens with one attached hydrogen (secondary N) is 1. The van der Waals surface area contributed by atoms with Gasteiger partial charge in [0, 0.05) is 30.6 Å². The molecule has 2 bridgehead atoms. The molecule has 3 atom stereocenters. The second-order valence-electron chi connectivity index (χ2n) is 8.78. The van der Waals surface area contributed by atoms with Gasteiger partial charge in [0.15, 0.2) is 0 Å². The molecule has 28 heavy (non-hydrogen) atoms. The van der Waals surface area contributed by atoms with Crippen LogP contribution in [0, 0.1) is 17.8 Å². The molecule has 2 fully saturated rings. The lowest BCUT2D eigenvalue weighted by molar-refractivity contribution is -0.137. The first kappa shape index (κ1) is 17.7. The van der Waals surface area contributed by atoms with Gasteiger partial charge in [-0.1, -0.05) is 42.5 Å². The van der Waals surface area contributed by atoms with E-state index in [4.69, 9.17) is 0 Å². The Hall–Kier alpha value is -2.36. The third-order valence-electron chi connectivity index (χ3n) is 7.09. The molecular weight excluding hydrogens is 346 g/mol. The van der Waals surface area contributed by atoms with Crippen LogP contribution in [0.3, 0.4) is 0 Å². The van der Waals surface area contributed by atoms with E-state index < -0.39 is 0 Å². The number of amides is 1. The number of aromatic amines is 1. The lowest BCUT2D eigenvalue weighted by atomic mass is 9.87. The van der Waals surface area contributed by atoms with Gasteiger partial charge in [0.05, 0.1) is 6.20 Å². The molecule has 3 aliphatic rings. The van der Waals surface area contributed by atoms with E-state index in [1.54, 1.807) is 0 Å². The Bertz CT molecular complexity index is 848. The molecule has 2 aliphatic carbocycles. The molecule has 1 N–H and O–H groups in total. The normalized spacial score (nSPS) is 26.9. The molecule has 0 radical (unpaired) electrons. The number of piperidine rings is 1. The van der Waals surface area contributed by atoms with Crippen molar-refractivity contribution in [1.29, 1.82) is 0 Å². The molecule has 4 heteroatoms. The van der Waals surface area contributed by atoms with Crippen molar-refractivity contribution in [3.05, 3.63) is 65.5 Å². The number of carbonyl (C=O) groups excluding carboxylic acids is 1. The van der Waals surface area contributed by atoms with Gasteiger partial charge in [0.2, 0.25) is 5.91 Å². The second kappa shape index (κ2) is 7.57. The molecule has 1 aromatic carbocycles. The third kappa shape index (κ3) is 3.41. The number of benzene rings is 1. The highest BCUT2D eigenvalue weighted by Crippen LogP contribution is 2.44. The van der Waals surface area contributed by atoms with Crippen LogP contribution in [0.15, 0.2) is 48.7 Å². The Kier molecular flexibility index (Phi) is 4.79. The van der Waals surface area contributed by atoms with Crippen LogP contribution in [-0.2, 0) is 17.6 Å². The molecule has 0 unspecified atom stereocenters. The van der Waals surface area contributed by atoms with Crippen LogP contribution in [0.2, 0.25) is 0 Å². The second-order valence-corrected chi connectivity index (χ2v) is 8.78. The Balaban J connectivity index is 1.18. The molecule has 1 amide bonds. The summed E-state index contributed by atoms with van der Waals surface area (Å²) >= 11 is 0. The highest BCUT2D eigenvalue weighted by atomic mass is 16.2. The fourth-order valence-corrected chi connectivity index (χ4v) is 5.49. The third-order valence-corrected chi connectivity index (χ3v) is 7.09. The van der Waals surface area contributed by atoms with E-state index in [0.717, 1.165) is 45.2 Å². The van der Waals surface area contributed by atoms with Gasteiger partial charge in [0.1, 0.15) is 0 Å². The zero-order valence-electron chi connectivity index (χ0n) is 16.4. The minimum atomic E-state index is 0.250. The first-order valence-corrected chi connectivity index (χ1v) is 10.8. The van der Waals surface area contributed by atoms with Crippen LogP contribution in [-0.4, -0.2) is 34.1 Å². The highest BCUT2D eigenvalue weighted by molar-refractivity contribution is 5.80. The monoisotopic (exact) mass is 375 g/mol. The minimum absolute atomic E-state index is 0.250. The summed E-state index contributed by atoms with van der Waals surface area (Å²) in [5.74, 6) is 2.32. The van der Waals surface area contributed by atoms with Crippen LogP contribution in [0.1, 0.15) is 48.4 Å². The molecule has 2 heterocycles. The summed E-state index contributed by atoms with van der Waals surface area (Å²) in [5.41, 5.74) is 4.01. The van der Waals surface area contributed by atoms with E-state index in [-0.39, 0.29) is 5.92 Å². The van der Waals surface area contributed by atoms with E-state index in [9.17, 15) is 4.79 Å². The number of likely N-dealkylation sites (tertiary alicyclic amines) is 1. The van der Waals surface area contributed by atoms with Crippen LogP contribution < -0.4 is 0 Å². The molecule has 1 saturated carbocycles. The summed E-state index contributed by atoms with van der Waals surface area (Å²) in [7, 11) is 0. The average Bonchev–Trinajstić information content (AvgIpc) is 3.49. The molecule has 1 aromatic heterocycles. The van der Waals surface area contributed by atoms with Crippen LogP contribution in [0.5, 0.6) is 0 Å². The standard InChI is InChI=1S/C24H29N3O/c28-24(22-15-18-7-8-20(22)14-18)27-12-10-19(11-13-27)23-21(16-25-26-23)9-6-17-4-2-1-3-5-17/h1-5,7-8,16,18-20,22H,6,9-15H2,(H,25,26)/t18-,20+,22+/m1/s1.